The third-order valence-electron chi connectivity index (χ3n) is 3.19. The van der Waals surface area contributed by atoms with E-state index in [2.05, 4.69) is 36.9 Å². The average molecular weight is 266 g/mol. The van der Waals surface area contributed by atoms with Crippen LogP contribution in [0.25, 0.3) is 0 Å². The molecule has 100 valence electrons. The Morgan fingerprint density at radius 3 is 3.00 bits per heavy atom. The molecule has 1 aliphatic heterocycles. The van der Waals surface area contributed by atoms with Crippen molar-refractivity contribution in [1.29, 1.82) is 0 Å². The number of anilines is 1. The minimum absolute atomic E-state index is 0.298. The van der Waals surface area contributed by atoms with Crippen molar-refractivity contribution in [3.8, 4) is 0 Å². The zero-order valence-corrected chi connectivity index (χ0v) is 12.0. The summed E-state index contributed by atoms with van der Waals surface area (Å²) in [7, 11) is 0. The van der Waals surface area contributed by atoms with Crippen molar-refractivity contribution in [3.63, 3.8) is 0 Å². The summed E-state index contributed by atoms with van der Waals surface area (Å²) in [6.07, 6.45) is 0.298. The van der Waals surface area contributed by atoms with Gasteiger partial charge in [-0.05, 0) is 24.8 Å². The summed E-state index contributed by atoms with van der Waals surface area (Å²) < 4.78 is 5.60. The lowest BCUT2D eigenvalue weighted by atomic mass is 10.1. The topological polar surface area (TPSA) is 38.5 Å². The zero-order chi connectivity index (χ0) is 13.0. The Morgan fingerprint density at radius 1 is 1.50 bits per heavy atom. The van der Waals surface area contributed by atoms with Gasteiger partial charge in [0.1, 0.15) is 0 Å². The lowest BCUT2D eigenvalue weighted by molar-refractivity contribution is 0.0531. The van der Waals surface area contributed by atoms with E-state index in [1.807, 2.05) is 11.8 Å². The van der Waals surface area contributed by atoms with Crippen molar-refractivity contribution < 1.29 is 4.74 Å². The van der Waals surface area contributed by atoms with Gasteiger partial charge in [-0.3, -0.25) is 0 Å². The predicted octanol–water partition coefficient (Wildman–Crippen LogP) is 2.48. The van der Waals surface area contributed by atoms with Gasteiger partial charge >= 0.3 is 0 Å². The summed E-state index contributed by atoms with van der Waals surface area (Å²) >= 11 is 1.87. The molecule has 1 atom stereocenters. The van der Waals surface area contributed by atoms with E-state index in [0.717, 1.165) is 25.4 Å². The number of nitrogens with zero attached hydrogens (tertiary/aromatic N) is 1. The standard InChI is InChI=1S/C14H22N2OS/c1-3-18-14-6-4-5-13(12(14)9-15)16-7-8-17-11(2)10-16/h4-6,11H,3,7-10,15H2,1-2H3. The molecule has 1 aromatic rings. The van der Waals surface area contributed by atoms with Crippen molar-refractivity contribution in [2.75, 3.05) is 30.3 Å². The lowest BCUT2D eigenvalue weighted by Gasteiger charge is -2.34. The van der Waals surface area contributed by atoms with Crippen LogP contribution in [0.1, 0.15) is 19.4 Å². The van der Waals surface area contributed by atoms with E-state index < -0.39 is 0 Å². The number of rotatable bonds is 4. The predicted molar refractivity (Wildman–Crippen MR) is 78.4 cm³/mol. The third kappa shape index (κ3) is 2.99. The molecule has 0 bridgehead atoms. The fraction of sp³-hybridized carbons (Fsp3) is 0.571. The highest BCUT2D eigenvalue weighted by Crippen LogP contribution is 2.31. The summed E-state index contributed by atoms with van der Waals surface area (Å²) in [5, 5.41) is 0. The van der Waals surface area contributed by atoms with Gasteiger partial charge < -0.3 is 15.4 Å². The van der Waals surface area contributed by atoms with Crippen molar-refractivity contribution in [2.45, 2.75) is 31.4 Å². The van der Waals surface area contributed by atoms with E-state index in [9.17, 15) is 0 Å². The number of hydrogen-bond donors (Lipinski definition) is 1. The van der Waals surface area contributed by atoms with Gasteiger partial charge in [-0.25, -0.2) is 0 Å². The molecule has 0 aliphatic carbocycles. The first-order chi connectivity index (χ1) is 8.76. The second-order valence-corrected chi connectivity index (χ2v) is 5.82. The Morgan fingerprint density at radius 2 is 2.33 bits per heavy atom. The first-order valence-electron chi connectivity index (χ1n) is 6.57. The van der Waals surface area contributed by atoms with E-state index in [1.165, 1.54) is 16.1 Å². The van der Waals surface area contributed by atoms with Crippen molar-refractivity contribution in [1.82, 2.24) is 0 Å². The maximum atomic E-state index is 5.95. The molecule has 1 aromatic carbocycles. The van der Waals surface area contributed by atoms with Crippen LogP contribution in [-0.4, -0.2) is 31.6 Å². The first-order valence-corrected chi connectivity index (χ1v) is 7.56. The van der Waals surface area contributed by atoms with Gasteiger partial charge in [-0.15, -0.1) is 11.8 Å². The molecule has 1 fully saturated rings. The van der Waals surface area contributed by atoms with Crippen LogP contribution >= 0.6 is 11.8 Å². The van der Waals surface area contributed by atoms with Gasteiger partial charge in [0, 0.05) is 35.8 Å². The molecule has 3 nitrogen and oxygen atoms in total. The smallest absolute Gasteiger partial charge is 0.0722 e. The monoisotopic (exact) mass is 266 g/mol. The van der Waals surface area contributed by atoms with Gasteiger partial charge in [0.25, 0.3) is 0 Å². The molecule has 18 heavy (non-hydrogen) atoms. The van der Waals surface area contributed by atoms with Gasteiger partial charge in [-0.2, -0.15) is 0 Å². The van der Waals surface area contributed by atoms with Crippen LogP contribution in [-0.2, 0) is 11.3 Å². The molecule has 2 rings (SSSR count). The maximum Gasteiger partial charge on any atom is 0.0722 e. The molecule has 0 saturated carbocycles. The van der Waals surface area contributed by atoms with Crippen LogP contribution in [0.3, 0.4) is 0 Å². The summed E-state index contributed by atoms with van der Waals surface area (Å²) in [6.45, 7) is 7.61. The van der Waals surface area contributed by atoms with Crippen LogP contribution < -0.4 is 10.6 Å². The largest absolute Gasteiger partial charge is 0.375 e. The molecule has 1 saturated heterocycles. The maximum absolute atomic E-state index is 5.95. The van der Waals surface area contributed by atoms with Crippen molar-refractivity contribution in [2.24, 2.45) is 5.73 Å². The van der Waals surface area contributed by atoms with Crippen LogP contribution in [0.4, 0.5) is 5.69 Å². The molecular formula is C14H22N2OS. The van der Waals surface area contributed by atoms with Crippen LogP contribution in [0, 0.1) is 0 Å². The highest BCUT2D eigenvalue weighted by molar-refractivity contribution is 7.99. The minimum atomic E-state index is 0.298. The number of hydrogen-bond acceptors (Lipinski definition) is 4. The Kier molecular flexibility index (Phi) is 4.92. The summed E-state index contributed by atoms with van der Waals surface area (Å²) in [5.41, 5.74) is 8.51. The highest BCUT2D eigenvalue weighted by atomic mass is 32.2. The van der Waals surface area contributed by atoms with Gasteiger partial charge in [0.15, 0.2) is 0 Å². The van der Waals surface area contributed by atoms with Gasteiger partial charge in [0.2, 0.25) is 0 Å². The Labute approximate surface area is 114 Å². The molecule has 0 amide bonds. The fourth-order valence-corrected chi connectivity index (χ4v) is 3.23. The van der Waals surface area contributed by atoms with E-state index in [1.54, 1.807) is 0 Å². The number of ether oxygens (including phenoxy) is 1. The molecule has 1 heterocycles. The normalized spacial score (nSPS) is 20.2. The van der Waals surface area contributed by atoms with Crippen molar-refractivity contribution in [3.05, 3.63) is 23.8 Å². The molecule has 4 heteroatoms. The molecule has 1 aliphatic rings. The second-order valence-electron chi connectivity index (χ2n) is 4.52. The molecular weight excluding hydrogens is 244 g/mol. The molecule has 0 spiro atoms. The summed E-state index contributed by atoms with van der Waals surface area (Å²) in [5.74, 6) is 1.08. The quantitative estimate of drug-likeness (QED) is 0.850. The number of benzene rings is 1. The van der Waals surface area contributed by atoms with E-state index in [4.69, 9.17) is 10.5 Å². The number of thioether (sulfide) groups is 1. The molecule has 0 radical (unpaired) electrons. The Bertz CT molecular complexity index is 397. The second kappa shape index (κ2) is 6.45. The SMILES string of the molecule is CCSc1cccc(N2CCOC(C)C2)c1CN. The van der Waals surface area contributed by atoms with Crippen LogP contribution in [0.2, 0.25) is 0 Å². The summed E-state index contributed by atoms with van der Waals surface area (Å²) in [6, 6.07) is 6.48. The Hall–Kier alpha value is -0.710. The third-order valence-corrected chi connectivity index (χ3v) is 4.18. The minimum Gasteiger partial charge on any atom is -0.375 e. The lowest BCUT2D eigenvalue weighted by Crippen LogP contribution is -2.41. The number of nitrogens with two attached hydrogens (primary N) is 1. The molecule has 2 N–H and O–H groups in total. The Balaban J connectivity index is 2.28. The van der Waals surface area contributed by atoms with Crippen molar-refractivity contribution >= 4 is 17.4 Å². The van der Waals surface area contributed by atoms with Crippen LogP contribution in [0.15, 0.2) is 23.1 Å². The molecule has 1 unspecified atom stereocenters. The van der Waals surface area contributed by atoms with Gasteiger partial charge in [0.05, 0.1) is 12.7 Å². The van der Waals surface area contributed by atoms with Gasteiger partial charge in [-0.1, -0.05) is 13.0 Å². The van der Waals surface area contributed by atoms with E-state index in [0.29, 0.717) is 12.6 Å². The average Bonchev–Trinajstić information content (AvgIpc) is 2.39. The molecule has 0 aromatic heterocycles. The zero-order valence-electron chi connectivity index (χ0n) is 11.2. The van der Waals surface area contributed by atoms with Crippen LogP contribution in [0.5, 0.6) is 0 Å². The number of morpholine rings is 1. The van der Waals surface area contributed by atoms with E-state index in [-0.39, 0.29) is 0 Å². The highest BCUT2D eigenvalue weighted by Gasteiger charge is 2.20. The first kappa shape index (κ1) is 13.7. The fourth-order valence-electron chi connectivity index (χ4n) is 2.38. The summed E-state index contributed by atoms with van der Waals surface area (Å²) in [4.78, 5) is 3.72. The van der Waals surface area contributed by atoms with E-state index >= 15 is 0 Å².